The molecule has 0 unspecified atom stereocenters. The highest BCUT2D eigenvalue weighted by molar-refractivity contribution is 5.50. The van der Waals surface area contributed by atoms with Crippen LogP contribution in [0.2, 0.25) is 0 Å². The number of morpholine rings is 1. The van der Waals surface area contributed by atoms with Gasteiger partial charge in [-0.3, -0.25) is 9.80 Å². The lowest BCUT2D eigenvalue weighted by molar-refractivity contribution is -0.0650. The quantitative estimate of drug-likeness (QED) is 0.373. The summed E-state index contributed by atoms with van der Waals surface area (Å²) in [5.74, 6) is -0.563. The van der Waals surface area contributed by atoms with E-state index in [4.69, 9.17) is 9.72 Å². The van der Waals surface area contributed by atoms with E-state index in [0.717, 1.165) is 63.4 Å². The average molecular weight is 571 g/mol. The summed E-state index contributed by atoms with van der Waals surface area (Å²) >= 11 is 0. The third-order valence-corrected chi connectivity index (χ3v) is 8.39. The van der Waals surface area contributed by atoms with Gasteiger partial charge in [0, 0.05) is 77.1 Å². The van der Waals surface area contributed by atoms with E-state index in [1.165, 1.54) is 29.5 Å². The Morgan fingerprint density at radius 3 is 2.51 bits per heavy atom. The molecule has 2 saturated heterocycles. The van der Waals surface area contributed by atoms with Gasteiger partial charge in [-0.05, 0) is 31.5 Å². The van der Waals surface area contributed by atoms with E-state index < -0.39 is 23.3 Å². The Hall–Kier alpha value is -3.19. The fourth-order valence-corrected chi connectivity index (χ4v) is 5.76. The van der Waals surface area contributed by atoms with Crippen LogP contribution < -0.4 is 9.80 Å². The average Bonchev–Trinajstić information content (AvgIpc) is 3.50. The first kappa shape index (κ1) is 29.3. The van der Waals surface area contributed by atoms with Gasteiger partial charge in [0.1, 0.15) is 35.7 Å². The van der Waals surface area contributed by atoms with Crippen molar-refractivity contribution in [3.8, 4) is 0 Å². The Kier molecular flexibility index (Phi) is 9.43. The SMILES string of the molecule is C[C@@H](N1CCN(c2ccc(N(C)CCCN3CCOCC3)cn2)CC1)[C@](O)(Cn1cncn1)c1ccc(F)cc1F. The fourth-order valence-electron chi connectivity index (χ4n) is 5.76. The van der Waals surface area contributed by atoms with Crippen molar-refractivity contribution in [1.29, 1.82) is 0 Å². The number of piperazine rings is 1. The Labute approximate surface area is 240 Å². The minimum absolute atomic E-state index is 0.0140. The van der Waals surface area contributed by atoms with Gasteiger partial charge in [0.15, 0.2) is 0 Å². The molecule has 222 valence electrons. The molecule has 1 N–H and O–H groups in total. The van der Waals surface area contributed by atoms with Crippen molar-refractivity contribution in [1.82, 2.24) is 29.5 Å². The van der Waals surface area contributed by atoms with Gasteiger partial charge in [0.25, 0.3) is 0 Å². The summed E-state index contributed by atoms with van der Waals surface area (Å²) in [5.41, 5.74) is -0.530. The van der Waals surface area contributed by atoms with Gasteiger partial charge in [-0.25, -0.2) is 23.4 Å². The molecule has 0 bridgehead atoms. The molecular weight excluding hydrogens is 530 g/mol. The van der Waals surface area contributed by atoms with E-state index in [0.29, 0.717) is 26.2 Å². The van der Waals surface area contributed by atoms with Crippen molar-refractivity contribution < 1.29 is 18.6 Å². The normalized spacial score (nSPS) is 19.2. The van der Waals surface area contributed by atoms with Crippen LogP contribution in [0.25, 0.3) is 0 Å². The maximum atomic E-state index is 14.9. The molecule has 1 aromatic carbocycles. The highest BCUT2D eigenvalue weighted by Crippen LogP contribution is 2.33. The number of rotatable bonds is 11. The van der Waals surface area contributed by atoms with Crippen LogP contribution in [0.1, 0.15) is 18.9 Å². The van der Waals surface area contributed by atoms with E-state index >= 15 is 0 Å². The highest BCUT2D eigenvalue weighted by Gasteiger charge is 2.42. The summed E-state index contributed by atoms with van der Waals surface area (Å²) in [4.78, 5) is 17.7. The maximum Gasteiger partial charge on any atom is 0.137 e. The van der Waals surface area contributed by atoms with Crippen LogP contribution in [-0.4, -0.2) is 113 Å². The molecule has 2 aliphatic rings. The van der Waals surface area contributed by atoms with Crippen molar-refractivity contribution in [3.63, 3.8) is 0 Å². The molecule has 12 heteroatoms. The molecule has 0 spiro atoms. The van der Waals surface area contributed by atoms with Gasteiger partial charge in [0.2, 0.25) is 0 Å². The molecule has 2 atom stereocenters. The molecule has 0 saturated carbocycles. The first-order chi connectivity index (χ1) is 19.8. The summed E-state index contributed by atoms with van der Waals surface area (Å²) in [6.45, 7) is 10.3. The third kappa shape index (κ3) is 7.00. The summed E-state index contributed by atoms with van der Waals surface area (Å²) in [7, 11) is 2.10. The molecule has 2 fully saturated rings. The Morgan fingerprint density at radius 2 is 1.85 bits per heavy atom. The summed E-state index contributed by atoms with van der Waals surface area (Å²) < 4.78 is 35.5. The smallest absolute Gasteiger partial charge is 0.137 e. The zero-order valence-electron chi connectivity index (χ0n) is 23.9. The molecule has 0 radical (unpaired) electrons. The predicted molar refractivity (Wildman–Crippen MR) is 153 cm³/mol. The van der Waals surface area contributed by atoms with Crippen LogP contribution in [0.4, 0.5) is 20.3 Å². The van der Waals surface area contributed by atoms with Crippen LogP contribution in [-0.2, 0) is 16.9 Å². The molecule has 5 rings (SSSR count). The molecule has 0 aliphatic carbocycles. The number of benzene rings is 1. The lowest BCUT2D eigenvalue weighted by Crippen LogP contribution is -2.57. The van der Waals surface area contributed by atoms with Crippen molar-refractivity contribution in [2.75, 3.05) is 82.4 Å². The number of hydrogen-bond acceptors (Lipinski definition) is 9. The fraction of sp³-hybridized carbons (Fsp3) is 0.552. The van der Waals surface area contributed by atoms with Crippen LogP contribution in [0, 0.1) is 11.6 Å². The number of nitrogens with zero attached hydrogens (tertiary/aromatic N) is 8. The van der Waals surface area contributed by atoms with Crippen molar-refractivity contribution in [2.45, 2.75) is 31.5 Å². The minimum atomic E-state index is -1.65. The van der Waals surface area contributed by atoms with Crippen LogP contribution in [0.15, 0.2) is 49.2 Å². The standard InChI is InChI=1S/C29H40F2N8O2/c1-23(29(40,20-39-22-32-21-34-39)26-6-4-24(30)18-27(26)31)37-10-12-38(13-11-37)28-7-5-25(19-33-28)35(2)8-3-9-36-14-16-41-17-15-36/h4-7,18-19,21-23,40H,3,8-17,20H2,1-2H3/t23-,29-/m1/s1. The molecule has 0 amide bonds. The number of aliphatic hydroxyl groups is 1. The van der Waals surface area contributed by atoms with Gasteiger partial charge in [-0.1, -0.05) is 6.07 Å². The van der Waals surface area contributed by atoms with E-state index in [2.05, 4.69) is 48.9 Å². The van der Waals surface area contributed by atoms with Crippen LogP contribution in [0.3, 0.4) is 0 Å². The molecule has 41 heavy (non-hydrogen) atoms. The Bertz CT molecular complexity index is 1230. The lowest BCUT2D eigenvalue weighted by Gasteiger charge is -2.45. The summed E-state index contributed by atoms with van der Waals surface area (Å²) in [5, 5.41) is 16.0. The topological polar surface area (TPSA) is 86.0 Å². The van der Waals surface area contributed by atoms with E-state index in [1.54, 1.807) is 0 Å². The van der Waals surface area contributed by atoms with Crippen LogP contribution >= 0.6 is 0 Å². The second-order valence-corrected chi connectivity index (χ2v) is 10.9. The minimum Gasteiger partial charge on any atom is -0.381 e. The third-order valence-electron chi connectivity index (χ3n) is 8.39. The van der Waals surface area contributed by atoms with E-state index in [-0.39, 0.29) is 12.1 Å². The van der Waals surface area contributed by atoms with Gasteiger partial charge in [0.05, 0.1) is 31.6 Å². The van der Waals surface area contributed by atoms with Gasteiger partial charge >= 0.3 is 0 Å². The molecule has 10 nitrogen and oxygen atoms in total. The van der Waals surface area contributed by atoms with Crippen molar-refractivity contribution in [2.24, 2.45) is 0 Å². The Morgan fingerprint density at radius 1 is 1.07 bits per heavy atom. The zero-order chi connectivity index (χ0) is 28.8. The number of halogens is 2. The largest absolute Gasteiger partial charge is 0.381 e. The van der Waals surface area contributed by atoms with E-state index in [9.17, 15) is 13.9 Å². The number of pyridine rings is 1. The van der Waals surface area contributed by atoms with Crippen molar-refractivity contribution in [3.05, 3.63) is 66.4 Å². The molecule has 2 aliphatic heterocycles. The zero-order valence-corrected chi connectivity index (χ0v) is 23.9. The molecular formula is C29H40F2N8O2. The first-order valence-corrected chi connectivity index (χ1v) is 14.3. The Balaban J connectivity index is 1.18. The first-order valence-electron chi connectivity index (χ1n) is 14.3. The molecule has 3 aromatic rings. The second-order valence-electron chi connectivity index (χ2n) is 10.9. The summed E-state index contributed by atoms with van der Waals surface area (Å²) in [6, 6.07) is 6.99. The second kappa shape index (κ2) is 13.2. The number of aromatic nitrogens is 4. The van der Waals surface area contributed by atoms with E-state index in [1.807, 2.05) is 13.1 Å². The monoisotopic (exact) mass is 570 g/mol. The van der Waals surface area contributed by atoms with Crippen molar-refractivity contribution >= 4 is 11.5 Å². The van der Waals surface area contributed by atoms with Gasteiger partial charge in [-0.2, -0.15) is 5.10 Å². The van der Waals surface area contributed by atoms with Gasteiger partial charge < -0.3 is 19.6 Å². The molecule has 4 heterocycles. The number of anilines is 2. The number of hydrogen-bond donors (Lipinski definition) is 1. The predicted octanol–water partition coefficient (Wildman–Crippen LogP) is 2.21. The molecule has 2 aromatic heterocycles. The number of ether oxygens (including phenoxy) is 1. The summed E-state index contributed by atoms with van der Waals surface area (Å²) in [6.07, 6.45) is 5.86. The highest BCUT2D eigenvalue weighted by atomic mass is 19.1. The van der Waals surface area contributed by atoms with Gasteiger partial charge in [-0.15, -0.1) is 0 Å². The lowest BCUT2D eigenvalue weighted by atomic mass is 9.85. The van der Waals surface area contributed by atoms with Crippen LogP contribution in [0.5, 0.6) is 0 Å². The maximum absolute atomic E-state index is 14.9.